The first kappa shape index (κ1) is 22.5. The maximum Gasteiger partial charge on any atom is 0.416 e. The summed E-state index contributed by atoms with van der Waals surface area (Å²) in [6, 6.07) is 22.3. The van der Waals surface area contributed by atoms with Gasteiger partial charge in [-0.2, -0.15) is 13.2 Å². The predicted molar refractivity (Wildman–Crippen MR) is 130 cm³/mol. The fourth-order valence-electron chi connectivity index (χ4n) is 3.96. The van der Waals surface area contributed by atoms with E-state index in [1.807, 2.05) is 61.5 Å². The van der Waals surface area contributed by atoms with Crippen molar-refractivity contribution in [3.05, 3.63) is 97.0 Å². The Morgan fingerprint density at radius 3 is 2.40 bits per heavy atom. The molecular formula is C27H21F3N4O. The topological polar surface area (TPSA) is 52.0 Å². The molecule has 0 fully saturated rings. The molecule has 5 aromatic rings. The van der Waals surface area contributed by atoms with Crippen LogP contribution in [0.1, 0.15) is 12.5 Å². The largest absolute Gasteiger partial charge is 0.494 e. The average molecular weight is 474 g/mol. The molecule has 0 bridgehead atoms. The molecule has 176 valence electrons. The molecule has 0 saturated carbocycles. The first-order valence-corrected chi connectivity index (χ1v) is 11.0. The van der Waals surface area contributed by atoms with Crippen molar-refractivity contribution in [1.82, 2.24) is 14.5 Å². The lowest BCUT2D eigenvalue weighted by atomic mass is 10.1. The Labute approximate surface area is 199 Å². The molecule has 0 atom stereocenters. The molecule has 0 unspecified atom stereocenters. The third-order valence-electron chi connectivity index (χ3n) is 5.55. The third-order valence-corrected chi connectivity index (χ3v) is 5.55. The Morgan fingerprint density at radius 2 is 1.69 bits per heavy atom. The van der Waals surface area contributed by atoms with E-state index in [4.69, 9.17) is 4.74 Å². The number of ether oxygens (including phenoxy) is 1. The Kier molecular flexibility index (Phi) is 5.86. The molecule has 2 heterocycles. The molecule has 0 amide bonds. The zero-order valence-electron chi connectivity index (χ0n) is 18.8. The van der Waals surface area contributed by atoms with Crippen LogP contribution in [0.4, 0.5) is 24.7 Å². The minimum atomic E-state index is -4.45. The van der Waals surface area contributed by atoms with Crippen LogP contribution in [0.2, 0.25) is 0 Å². The number of hydrogen-bond donors (Lipinski definition) is 1. The van der Waals surface area contributed by atoms with Gasteiger partial charge in [0.25, 0.3) is 0 Å². The molecule has 5 rings (SSSR count). The van der Waals surface area contributed by atoms with Crippen LogP contribution in [0.3, 0.4) is 0 Å². The van der Waals surface area contributed by atoms with Crippen molar-refractivity contribution in [3.8, 4) is 22.6 Å². The second-order valence-corrected chi connectivity index (χ2v) is 7.83. The van der Waals surface area contributed by atoms with Gasteiger partial charge in [-0.25, -0.2) is 9.97 Å². The van der Waals surface area contributed by atoms with E-state index in [-0.39, 0.29) is 0 Å². The van der Waals surface area contributed by atoms with Gasteiger partial charge < -0.3 is 14.6 Å². The minimum absolute atomic E-state index is 0.359. The van der Waals surface area contributed by atoms with E-state index >= 15 is 0 Å². The number of benzene rings is 3. The van der Waals surface area contributed by atoms with E-state index in [2.05, 4.69) is 15.3 Å². The van der Waals surface area contributed by atoms with Crippen LogP contribution in [0.25, 0.3) is 27.8 Å². The van der Waals surface area contributed by atoms with Crippen LogP contribution in [0.5, 0.6) is 5.75 Å². The fraction of sp³-hybridized carbons (Fsp3) is 0.111. The number of alkyl halides is 3. The number of nitrogens with one attached hydrogen (secondary N) is 1. The minimum Gasteiger partial charge on any atom is -0.494 e. The van der Waals surface area contributed by atoms with E-state index in [1.54, 1.807) is 16.8 Å². The maximum absolute atomic E-state index is 13.4. The molecule has 3 aromatic carbocycles. The highest BCUT2D eigenvalue weighted by molar-refractivity contribution is 6.03. The summed E-state index contributed by atoms with van der Waals surface area (Å²) in [5.74, 6) is 1.30. The summed E-state index contributed by atoms with van der Waals surface area (Å²) < 4.78 is 47.4. The number of halogens is 3. The number of fused-ring (bicyclic) bond motifs is 1. The van der Waals surface area contributed by atoms with E-state index in [9.17, 15) is 13.2 Å². The second kappa shape index (κ2) is 9.13. The van der Waals surface area contributed by atoms with Gasteiger partial charge in [0, 0.05) is 23.1 Å². The first-order valence-electron chi connectivity index (χ1n) is 11.0. The van der Waals surface area contributed by atoms with Crippen LogP contribution < -0.4 is 10.1 Å². The van der Waals surface area contributed by atoms with E-state index in [1.165, 1.54) is 12.4 Å². The van der Waals surface area contributed by atoms with Crippen molar-refractivity contribution < 1.29 is 17.9 Å². The standard InChI is InChI=1S/C27H21F3N4O/c1-2-35-22-13-11-20(12-14-22)33-25-24-23(18-7-4-3-5-8-18)16-34(26(24)32-17-31-25)21-10-6-9-19(15-21)27(28,29)30/h3-17H,2H2,1H3,(H,31,32,33). The number of nitrogens with zero attached hydrogens (tertiary/aromatic N) is 3. The SMILES string of the molecule is CCOc1ccc(Nc2ncnc3c2c(-c2ccccc2)cn3-c2cccc(C(F)(F)F)c2)cc1. The predicted octanol–water partition coefficient (Wildman–Crippen LogP) is 7.25. The molecule has 0 spiro atoms. The quantitative estimate of drug-likeness (QED) is 0.282. The third kappa shape index (κ3) is 4.55. The van der Waals surface area contributed by atoms with Crippen LogP contribution in [-0.4, -0.2) is 21.1 Å². The van der Waals surface area contributed by atoms with Gasteiger partial charge in [-0.1, -0.05) is 36.4 Å². The van der Waals surface area contributed by atoms with Gasteiger partial charge in [-0.05, 0) is 55.0 Å². The van der Waals surface area contributed by atoms with Crippen molar-refractivity contribution >= 4 is 22.5 Å². The number of rotatable bonds is 6. The smallest absolute Gasteiger partial charge is 0.416 e. The molecule has 0 radical (unpaired) electrons. The van der Waals surface area contributed by atoms with Gasteiger partial charge in [0.2, 0.25) is 0 Å². The maximum atomic E-state index is 13.4. The molecule has 0 saturated heterocycles. The molecule has 35 heavy (non-hydrogen) atoms. The molecule has 0 aliphatic carbocycles. The molecule has 2 aromatic heterocycles. The number of aromatic nitrogens is 3. The normalized spacial score (nSPS) is 11.5. The Balaban J connectivity index is 1.67. The van der Waals surface area contributed by atoms with Gasteiger partial charge in [0.1, 0.15) is 17.9 Å². The highest BCUT2D eigenvalue weighted by Crippen LogP contribution is 2.37. The molecule has 1 N–H and O–H groups in total. The Bertz CT molecular complexity index is 1460. The van der Waals surface area contributed by atoms with Crippen LogP contribution >= 0.6 is 0 Å². The van der Waals surface area contributed by atoms with Gasteiger partial charge in [-0.3, -0.25) is 0 Å². The van der Waals surface area contributed by atoms with Crippen LogP contribution in [-0.2, 0) is 6.18 Å². The summed E-state index contributed by atoms with van der Waals surface area (Å²) in [6.07, 6.45) is -1.25. The molecule has 8 heteroatoms. The summed E-state index contributed by atoms with van der Waals surface area (Å²) in [5.41, 5.74) is 2.61. The molecule has 5 nitrogen and oxygen atoms in total. The fourth-order valence-corrected chi connectivity index (χ4v) is 3.96. The highest BCUT2D eigenvalue weighted by Gasteiger charge is 2.30. The van der Waals surface area contributed by atoms with Crippen molar-refractivity contribution in [2.24, 2.45) is 0 Å². The Morgan fingerprint density at radius 1 is 0.914 bits per heavy atom. The lowest BCUT2D eigenvalue weighted by Crippen LogP contribution is -2.06. The number of anilines is 2. The average Bonchev–Trinajstić information content (AvgIpc) is 3.26. The van der Waals surface area contributed by atoms with Crippen LogP contribution in [0.15, 0.2) is 91.4 Å². The van der Waals surface area contributed by atoms with Crippen molar-refractivity contribution in [3.63, 3.8) is 0 Å². The van der Waals surface area contributed by atoms with E-state index < -0.39 is 11.7 Å². The summed E-state index contributed by atoms with van der Waals surface area (Å²) in [7, 11) is 0. The van der Waals surface area contributed by atoms with Crippen molar-refractivity contribution in [1.29, 1.82) is 0 Å². The summed E-state index contributed by atoms with van der Waals surface area (Å²) in [4.78, 5) is 8.91. The molecule has 0 aliphatic rings. The zero-order chi connectivity index (χ0) is 24.4. The van der Waals surface area contributed by atoms with Gasteiger partial charge in [-0.15, -0.1) is 0 Å². The van der Waals surface area contributed by atoms with E-state index in [0.29, 0.717) is 29.1 Å². The van der Waals surface area contributed by atoms with Gasteiger partial charge >= 0.3 is 6.18 Å². The van der Waals surface area contributed by atoms with Gasteiger partial charge in [0.15, 0.2) is 5.65 Å². The summed E-state index contributed by atoms with van der Waals surface area (Å²) in [5, 5.41) is 4.03. The monoisotopic (exact) mass is 474 g/mol. The first-order chi connectivity index (χ1) is 16.9. The molecular weight excluding hydrogens is 453 g/mol. The van der Waals surface area contributed by atoms with Crippen molar-refractivity contribution in [2.75, 3.05) is 11.9 Å². The molecule has 0 aliphatic heterocycles. The lowest BCUT2D eigenvalue weighted by molar-refractivity contribution is -0.137. The zero-order valence-corrected chi connectivity index (χ0v) is 18.8. The highest BCUT2D eigenvalue weighted by atomic mass is 19.4. The van der Waals surface area contributed by atoms with Crippen LogP contribution in [0, 0.1) is 0 Å². The van der Waals surface area contributed by atoms with E-state index in [0.717, 1.165) is 34.7 Å². The lowest BCUT2D eigenvalue weighted by Gasteiger charge is -2.11. The number of hydrogen-bond acceptors (Lipinski definition) is 4. The Hall–Kier alpha value is -4.33. The summed E-state index contributed by atoms with van der Waals surface area (Å²) >= 11 is 0. The van der Waals surface area contributed by atoms with Crippen molar-refractivity contribution in [2.45, 2.75) is 13.1 Å². The van der Waals surface area contributed by atoms with Gasteiger partial charge in [0.05, 0.1) is 17.6 Å². The second-order valence-electron chi connectivity index (χ2n) is 7.83. The summed E-state index contributed by atoms with van der Waals surface area (Å²) in [6.45, 7) is 2.49.